The van der Waals surface area contributed by atoms with Gasteiger partial charge in [-0.3, -0.25) is 9.78 Å². The molecule has 1 aliphatic carbocycles. The standard InChI is InChI=1S/C14H18Cl2N2O/c15-7-9-18(11-4-2-1-3-5-11)14(19)12-6-8-17-10-13(12)16/h6,8,10-11H,1-5,7,9H2. The van der Waals surface area contributed by atoms with E-state index in [9.17, 15) is 4.79 Å². The van der Waals surface area contributed by atoms with Crippen molar-refractivity contribution in [2.75, 3.05) is 12.4 Å². The van der Waals surface area contributed by atoms with Gasteiger partial charge in [0.15, 0.2) is 0 Å². The van der Waals surface area contributed by atoms with Crippen LogP contribution >= 0.6 is 23.2 Å². The van der Waals surface area contributed by atoms with E-state index in [2.05, 4.69) is 4.98 Å². The highest BCUT2D eigenvalue weighted by Gasteiger charge is 2.26. The summed E-state index contributed by atoms with van der Waals surface area (Å²) in [4.78, 5) is 18.4. The smallest absolute Gasteiger partial charge is 0.255 e. The first-order valence-corrected chi connectivity index (χ1v) is 7.61. The molecule has 3 nitrogen and oxygen atoms in total. The minimum Gasteiger partial charge on any atom is -0.334 e. The molecule has 0 atom stereocenters. The van der Waals surface area contributed by atoms with Crippen LogP contribution in [0, 0.1) is 0 Å². The van der Waals surface area contributed by atoms with Crippen LogP contribution in [0.5, 0.6) is 0 Å². The Morgan fingerprint density at radius 1 is 1.37 bits per heavy atom. The Labute approximate surface area is 123 Å². The summed E-state index contributed by atoms with van der Waals surface area (Å²) in [5.74, 6) is 0.422. The van der Waals surface area contributed by atoms with Gasteiger partial charge in [0, 0.05) is 30.9 Å². The second-order valence-electron chi connectivity index (χ2n) is 4.83. The van der Waals surface area contributed by atoms with Crippen molar-refractivity contribution in [1.29, 1.82) is 0 Å². The highest BCUT2D eigenvalue weighted by atomic mass is 35.5. The quantitative estimate of drug-likeness (QED) is 0.794. The van der Waals surface area contributed by atoms with Gasteiger partial charge >= 0.3 is 0 Å². The van der Waals surface area contributed by atoms with E-state index in [1.165, 1.54) is 25.5 Å². The molecule has 0 N–H and O–H groups in total. The highest BCUT2D eigenvalue weighted by molar-refractivity contribution is 6.33. The van der Waals surface area contributed by atoms with Crippen molar-refractivity contribution in [3.63, 3.8) is 0 Å². The molecular weight excluding hydrogens is 283 g/mol. The van der Waals surface area contributed by atoms with Crippen LogP contribution in [0.25, 0.3) is 0 Å². The van der Waals surface area contributed by atoms with Crippen molar-refractivity contribution in [1.82, 2.24) is 9.88 Å². The second-order valence-corrected chi connectivity index (χ2v) is 5.62. The lowest BCUT2D eigenvalue weighted by Gasteiger charge is -2.34. The van der Waals surface area contributed by atoms with Crippen LogP contribution in [0.4, 0.5) is 0 Å². The van der Waals surface area contributed by atoms with E-state index in [1.54, 1.807) is 12.3 Å². The van der Waals surface area contributed by atoms with Gasteiger partial charge in [0.1, 0.15) is 0 Å². The first-order valence-electron chi connectivity index (χ1n) is 6.70. The topological polar surface area (TPSA) is 33.2 Å². The maximum atomic E-state index is 12.6. The van der Waals surface area contributed by atoms with Crippen LogP contribution in [0.3, 0.4) is 0 Å². The fourth-order valence-corrected chi connectivity index (χ4v) is 3.02. The molecular formula is C14H18Cl2N2O. The van der Waals surface area contributed by atoms with E-state index < -0.39 is 0 Å². The number of halogens is 2. The van der Waals surface area contributed by atoms with E-state index in [0.29, 0.717) is 29.1 Å². The van der Waals surface area contributed by atoms with Crippen LogP contribution in [0.1, 0.15) is 42.5 Å². The zero-order valence-electron chi connectivity index (χ0n) is 10.8. The average Bonchev–Trinajstić information content (AvgIpc) is 2.45. The van der Waals surface area contributed by atoms with Crippen LogP contribution < -0.4 is 0 Å². The lowest BCUT2D eigenvalue weighted by Crippen LogP contribution is -2.42. The predicted octanol–water partition coefficient (Wildman–Crippen LogP) is 3.75. The molecule has 1 heterocycles. The number of pyridine rings is 1. The second kappa shape index (κ2) is 7.11. The van der Waals surface area contributed by atoms with E-state index in [1.807, 2.05) is 4.90 Å². The maximum Gasteiger partial charge on any atom is 0.255 e. The lowest BCUT2D eigenvalue weighted by atomic mass is 9.94. The molecule has 1 saturated carbocycles. The van der Waals surface area contributed by atoms with E-state index in [4.69, 9.17) is 23.2 Å². The van der Waals surface area contributed by atoms with E-state index in [0.717, 1.165) is 12.8 Å². The first-order chi connectivity index (χ1) is 9.24. The number of rotatable bonds is 4. The Kier molecular flexibility index (Phi) is 5.46. The highest BCUT2D eigenvalue weighted by Crippen LogP contribution is 2.25. The van der Waals surface area contributed by atoms with Gasteiger partial charge in [0.25, 0.3) is 5.91 Å². The Morgan fingerprint density at radius 2 is 2.11 bits per heavy atom. The number of hydrogen-bond acceptors (Lipinski definition) is 2. The average molecular weight is 301 g/mol. The van der Waals surface area contributed by atoms with Crippen LogP contribution in [0.15, 0.2) is 18.5 Å². The van der Waals surface area contributed by atoms with Crippen LogP contribution in [-0.4, -0.2) is 34.3 Å². The molecule has 104 valence electrons. The van der Waals surface area contributed by atoms with Gasteiger partial charge in [-0.2, -0.15) is 0 Å². The molecule has 19 heavy (non-hydrogen) atoms. The van der Waals surface area contributed by atoms with Crippen molar-refractivity contribution >= 4 is 29.1 Å². The van der Waals surface area contributed by atoms with Crippen LogP contribution in [0.2, 0.25) is 5.02 Å². The number of carbonyl (C=O) groups excluding carboxylic acids is 1. The SMILES string of the molecule is O=C(c1ccncc1Cl)N(CCCl)C1CCCCC1. The molecule has 1 amide bonds. The van der Waals surface area contributed by atoms with Gasteiger partial charge in [-0.15, -0.1) is 11.6 Å². The number of amides is 1. The number of carbonyl (C=O) groups is 1. The van der Waals surface area contributed by atoms with Gasteiger partial charge < -0.3 is 4.90 Å². The summed E-state index contributed by atoms with van der Waals surface area (Å²) in [5.41, 5.74) is 0.521. The Balaban J connectivity index is 2.18. The number of alkyl halides is 1. The summed E-state index contributed by atoms with van der Waals surface area (Å²) >= 11 is 11.9. The third-order valence-corrected chi connectivity index (χ3v) is 4.07. The summed E-state index contributed by atoms with van der Waals surface area (Å²) < 4.78 is 0. The Bertz CT molecular complexity index is 433. The molecule has 1 aliphatic rings. The van der Waals surface area contributed by atoms with Gasteiger partial charge in [0.05, 0.1) is 10.6 Å². The molecule has 0 radical (unpaired) electrons. The monoisotopic (exact) mass is 300 g/mol. The molecule has 0 bridgehead atoms. The Morgan fingerprint density at radius 3 is 2.74 bits per heavy atom. The fraction of sp³-hybridized carbons (Fsp3) is 0.571. The number of nitrogens with zero attached hydrogens (tertiary/aromatic N) is 2. The van der Waals surface area contributed by atoms with Crippen molar-refractivity contribution in [3.05, 3.63) is 29.0 Å². The number of aromatic nitrogens is 1. The third kappa shape index (κ3) is 3.61. The molecule has 0 aromatic carbocycles. The Hall–Kier alpha value is -0.800. The van der Waals surface area contributed by atoms with Gasteiger partial charge in [-0.1, -0.05) is 30.9 Å². The molecule has 5 heteroatoms. The summed E-state index contributed by atoms with van der Waals surface area (Å²) in [6.07, 6.45) is 8.85. The summed E-state index contributed by atoms with van der Waals surface area (Å²) in [5, 5.41) is 0.405. The zero-order chi connectivity index (χ0) is 13.7. The van der Waals surface area contributed by atoms with Crippen molar-refractivity contribution in [3.8, 4) is 0 Å². The van der Waals surface area contributed by atoms with Crippen molar-refractivity contribution < 1.29 is 4.79 Å². The molecule has 1 aromatic heterocycles. The van der Waals surface area contributed by atoms with Crippen molar-refractivity contribution in [2.45, 2.75) is 38.1 Å². The van der Waals surface area contributed by atoms with Gasteiger partial charge in [0.2, 0.25) is 0 Å². The molecule has 0 unspecified atom stereocenters. The van der Waals surface area contributed by atoms with Gasteiger partial charge in [-0.25, -0.2) is 0 Å². The largest absolute Gasteiger partial charge is 0.334 e. The predicted molar refractivity (Wildman–Crippen MR) is 77.9 cm³/mol. The van der Waals surface area contributed by atoms with Gasteiger partial charge in [-0.05, 0) is 18.9 Å². The lowest BCUT2D eigenvalue weighted by molar-refractivity contribution is 0.0650. The summed E-state index contributed by atoms with van der Waals surface area (Å²) in [6, 6.07) is 1.97. The summed E-state index contributed by atoms with van der Waals surface area (Å²) in [7, 11) is 0. The third-order valence-electron chi connectivity index (χ3n) is 3.60. The molecule has 0 aliphatic heterocycles. The van der Waals surface area contributed by atoms with Crippen molar-refractivity contribution in [2.24, 2.45) is 0 Å². The first kappa shape index (κ1) is 14.6. The van der Waals surface area contributed by atoms with E-state index in [-0.39, 0.29) is 5.91 Å². The minimum absolute atomic E-state index is 0.0278. The molecule has 2 rings (SSSR count). The molecule has 0 spiro atoms. The van der Waals surface area contributed by atoms with E-state index >= 15 is 0 Å². The minimum atomic E-state index is -0.0278. The fourth-order valence-electron chi connectivity index (χ4n) is 2.64. The maximum absolute atomic E-state index is 12.6. The summed E-state index contributed by atoms with van der Waals surface area (Å²) in [6.45, 7) is 0.573. The zero-order valence-corrected chi connectivity index (χ0v) is 12.3. The normalized spacial score (nSPS) is 16.3. The molecule has 1 aromatic rings. The number of hydrogen-bond donors (Lipinski definition) is 0. The molecule has 0 saturated heterocycles. The van der Waals surface area contributed by atoms with Crippen LogP contribution in [-0.2, 0) is 0 Å². The molecule has 1 fully saturated rings.